The smallest absolute Gasteiger partial charge is 0.175 e. The molecule has 1 N–H and O–H groups in total. The molecule has 1 heterocycles. The van der Waals surface area contributed by atoms with Crippen molar-refractivity contribution in [1.29, 1.82) is 0 Å². The number of nitrogens with zero attached hydrogens (tertiary/aromatic N) is 2. The van der Waals surface area contributed by atoms with Crippen molar-refractivity contribution < 1.29 is 23.5 Å². The summed E-state index contributed by atoms with van der Waals surface area (Å²) in [5.74, 6) is -0.166. The van der Waals surface area contributed by atoms with Gasteiger partial charge in [-0.15, -0.1) is 0 Å². The number of halogens is 1. The second kappa shape index (κ2) is 8.94. The van der Waals surface area contributed by atoms with Gasteiger partial charge >= 0.3 is 0 Å². The number of methoxy groups -OCH3 is 2. The van der Waals surface area contributed by atoms with Gasteiger partial charge in [0.05, 0.1) is 24.2 Å². The largest absolute Gasteiger partial charge is 0.507 e. The van der Waals surface area contributed by atoms with Crippen LogP contribution < -0.4 is 0 Å². The fraction of sp³-hybridized carbons (Fsp3) is 0.350. The summed E-state index contributed by atoms with van der Waals surface area (Å²) in [6, 6.07) is 9.47. The normalized spacial score (nSPS) is 11.6. The van der Waals surface area contributed by atoms with Crippen LogP contribution in [0.5, 0.6) is 5.75 Å². The van der Waals surface area contributed by atoms with Crippen LogP contribution >= 0.6 is 0 Å². The summed E-state index contributed by atoms with van der Waals surface area (Å²) in [5.41, 5.74) is 2.55. The summed E-state index contributed by atoms with van der Waals surface area (Å²) < 4.78 is 29.1. The highest BCUT2D eigenvalue weighted by molar-refractivity contribution is 5.94. The molecule has 0 unspecified atom stereocenters. The predicted molar refractivity (Wildman–Crippen MR) is 100 cm³/mol. The van der Waals surface area contributed by atoms with E-state index in [9.17, 15) is 9.50 Å². The highest BCUT2D eigenvalue weighted by atomic mass is 19.1. The molecule has 0 aliphatic carbocycles. The Bertz CT molecular complexity index is 872. The van der Waals surface area contributed by atoms with Crippen molar-refractivity contribution in [3.8, 4) is 17.0 Å². The second-order valence-corrected chi connectivity index (χ2v) is 6.24. The lowest BCUT2D eigenvalue weighted by Gasteiger charge is -2.22. The molecule has 0 aliphatic rings. The highest BCUT2D eigenvalue weighted by Gasteiger charge is 2.19. The molecule has 0 fully saturated rings. The number of rotatable bonds is 9. The SMILES string of the molecule is COCCN(CCOC)Cc1c(O)ccc2c(-c3ccc(F)cc3)noc12. The standard InChI is InChI=1S/C20H23FN2O4/c1-25-11-9-23(10-12-26-2)13-17-18(24)8-7-16-19(22-27-20(16)17)14-3-5-15(21)6-4-14/h3-8,24H,9-13H2,1-2H3. The number of aromatic nitrogens is 1. The van der Waals surface area contributed by atoms with Crippen molar-refractivity contribution in [2.45, 2.75) is 6.54 Å². The molecule has 0 atom stereocenters. The Kier molecular flexibility index (Phi) is 6.39. The zero-order valence-corrected chi connectivity index (χ0v) is 15.4. The van der Waals surface area contributed by atoms with E-state index in [-0.39, 0.29) is 11.6 Å². The molecule has 3 rings (SSSR count). The Morgan fingerprint density at radius 1 is 1.04 bits per heavy atom. The van der Waals surface area contributed by atoms with Crippen LogP contribution in [-0.4, -0.2) is 55.7 Å². The first-order valence-electron chi connectivity index (χ1n) is 8.70. The molecule has 0 saturated carbocycles. The van der Waals surface area contributed by atoms with Crippen molar-refractivity contribution in [3.63, 3.8) is 0 Å². The maximum Gasteiger partial charge on any atom is 0.175 e. The molecule has 144 valence electrons. The molecular formula is C20H23FN2O4. The number of phenolic OH excluding ortho intramolecular Hbond substituents is 1. The van der Waals surface area contributed by atoms with E-state index in [1.807, 2.05) is 0 Å². The van der Waals surface area contributed by atoms with Gasteiger partial charge in [-0.25, -0.2) is 4.39 Å². The van der Waals surface area contributed by atoms with E-state index in [1.54, 1.807) is 38.5 Å². The average molecular weight is 374 g/mol. The highest BCUT2D eigenvalue weighted by Crippen LogP contribution is 2.34. The minimum absolute atomic E-state index is 0.143. The first-order valence-corrected chi connectivity index (χ1v) is 8.70. The third-order valence-electron chi connectivity index (χ3n) is 4.44. The van der Waals surface area contributed by atoms with Crippen LogP contribution in [0, 0.1) is 5.82 Å². The third-order valence-corrected chi connectivity index (χ3v) is 4.44. The average Bonchev–Trinajstić information content (AvgIpc) is 3.10. The number of phenols is 1. The Balaban J connectivity index is 1.95. The molecule has 0 saturated heterocycles. The molecule has 6 nitrogen and oxygen atoms in total. The van der Waals surface area contributed by atoms with Gasteiger partial charge in [0.15, 0.2) is 5.58 Å². The number of fused-ring (bicyclic) bond motifs is 1. The Morgan fingerprint density at radius 3 is 2.33 bits per heavy atom. The van der Waals surface area contributed by atoms with Gasteiger partial charge in [-0.05, 0) is 36.4 Å². The lowest BCUT2D eigenvalue weighted by molar-refractivity contribution is 0.110. The van der Waals surface area contributed by atoms with Crippen molar-refractivity contribution >= 4 is 11.0 Å². The number of hydrogen-bond donors (Lipinski definition) is 1. The molecule has 0 spiro atoms. The molecule has 0 aliphatic heterocycles. The van der Waals surface area contributed by atoms with Gasteiger partial charge in [0, 0.05) is 39.4 Å². The Hall–Kier alpha value is -2.48. The van der Waals surface area contributed by atoms with Gasteiger partial charge in [0.2, 0.25) is 0 Å². The zero-order chi connectivity index (χ0) is 19.2. The van der Waals surface area contributed by atoms with Crippen LogP contribution in [0.3, 0.4) is 0 Å². The van der Waals surface area contributed by atoms with Gasteiger partial charge in [0.25, 0.3) is 0 Å². The van der Waals surface area contributed by atoms with Crippen LogP contribution in [0.1, 0.15) is 5.56 Å². The van der Waals surface area contributed by atoms with E-state index in [0.29, 0.717) is 49.7 Å². The first-order chi connectivity index (χ1) is 13.1. The first kappa shape index (κ1) is 19.3. The minimum Gasteiger partial charge on any atom is -0.507 e. The topological polar surface area (TPSA) is 68.0 Å². The van der Waals surface area contributed by atoms with Crippen molar-refractivity contribution in [2.75, 3.05) is 40.5 Å². The molecule has 2 aromatic carbocycles. The van der Waals surface area contributed by atoms with E-state index in [2.05, 4.69) is 10.1 Å². The predicted octanol–water partition coefficient (Wildman–Crippen LogP) is 3.43. The van der Waals surface area contributed by atoms with Gasteiger partial charge in [-0.3, -0.25) is 4.90 Å². The lowest BCUT2D eigenvalue weighted by atomic mass is 10.0. The maximum atomic E-state index is 13.2. The van der Waals surface area contributed by atoms with Gasteiger partial charge in [0.1, 0.15) is 17.3 Å². The third kappa shape index (κ3) is 4.44. The fourth-order valence-corrected chi connectivity index (χ4v) is 2.95. The van der Waals surface area contributed by atoms with Gasteiger partial charge in [-0.2, -0.15) is 0 Å². The number of ether oxygens (including phenoxy) is 2. The van der Waals surface area contributed by atoms with Gasteiger partial charge in [-0.1, -0.05) is 5.16 Å². The Morgan fingerprint density at radius 2 is 1.70 bits per heavy atom. The number of hydrogen-bond acceptors (Lipinski definition) is 6. The summed E-state index contributed by atoms with van der Waals surface area (Å²) in [6.07, 6.45) is 0. The zero-order valence-electron chi connectivity index (χ0n) is 15.4. The molecule has 0 radical (unpaired) electrons. The van der Waals surface area contributed by atoms with E-state index in [4.69, 9.17) is 14.0 Å². The molecule has 0 amide bonds. The van der Waals surface area contributed by atoms with E-state index in [1.165, 1.54) is 12.1 Å². The minimum atomic E-state index is -0.309. The summed E-state index contributed by atoms with van der Waals surface area (Å²) in [5, 5.41) is 15.3. The van der Waals surface area contributed by atoms with Gasteiger partial charge < -0.3 is 19.1 Å². The molecule has 7 heteroatoms. The van der Waals surface area contributed by atoms with Crippen LogP contribution in [0.2, 0.25) is 0 Å². The fourth-order valence-electron chi connectivity index (χ4n) is 2.95. The number of aromatic hydroxyl groups is 1. The lowest BCUT2D eigenvalue weighted by Crippen LogP contribution is -2.30. The monoisotopic (exact) mass is 374 g/mol. The Labute approximate surface area is 157 Å². The van der Waals surface area contributed by atoms with Crippen molar-refractivity contribution in [2.24, 2.45) is 0 Å². The molecule has 0 bridgehead atoms. The number of benzene rings is 2. The summed E-state index contributed by atoms with van der Waals surface area (Å²) in [4.78, 5) is 2.11. The van der Waals surface area contributed by atoms with E-state index < -0.39 is 0 Å². The van der Waals surface area contributed by atoms with Crippen molar-refractivity contribution in [1.82, 2.24) is 10.1 Å². The molecule has 1 aromatic heterocycles. The molecule has 3 aromatic rings. The maximum absolute atomic E-state index is 13.2. The van der Waals surface area contributed by atoms with Crippen LogP contribution in [0.25, 0.3) is 22.2 Å². The van der Waals surface area contributed by atoms with Crippen molar-refractivity contribution in [3.05, 3.63) is 47.8 Å². The summed E-state index contributed by atoms with van der Waals surface area (Å²) in [7, 11) is 3.30. The van der Waals surface area contributed by atoms with Crippen LogP contribution in [0.15, 0.2) is 40.9 Å². The van der Waals surface area contributed by atoms with Crippen LogP contribution in [0.4, 0.5) is 4.39 Å². The van der Waals surface area contributed by atoms with Crippen LogP contribution in [-0.2, 0) is 16.0 Å². The quantitative estimate of drug-likeness (QED) is 0.619. The second-order valence-electron chi connectivity index (χ2n) is 6.24. The molecule has 27 heavy (non-hydrogen) atoms. The molecular weight excluding hydrogens is 351 g/mol. The van der Waals surface area contributed by atoms with E-state index in [0.717, 1.165) is 10.9 Å². The summed E-state index contributed by atoms with van der Waals surface area (Å²) >= 11 is 0. The van der Waals surface area contributed by atoms with E-state index >= 15 is 0 Å². The summed E-state index contributed by atoms with van der Waals surface area (Å²) in [6.45, 7) is 2.98.